The quantitative estimate of drug-likeness (QED) is 0.887. The summed E-state index contributed by atoms with van der Waals surface area (Å²) >= 11 is 1.41. The molecule has 1 atom stereocenters. The van der Waals surface area contributed by atoms with Crippen LogP contribution in [0.25, 0.3) is 0 Å². The van der Waals surface area contributed by atoms with Crippen LogP contribution in [0.3, 0.4) is 0 Å². The van der Waals surface area contributed by atoms with Crippen LogP contribution in [0.5, 0.6) is 0 Å². The van der Waals surface area contributed by atoms with Crippen molar-refractivity contribution in [3.8, 4) is 0 Å². The van der Waals surface area contributed by atoms with Crippen molar-refractivity contribution in [2.45, 2.75) is 39.2 Å². The van der Waals surface area contributed by atoms with Gasteiger partial charge < -0.3 is 15.1 Å². The van der Waals surface area contributed by atoms with Crippen LogP contribution in [0, 0.1) is 5.92 Å². The summed E-state index contributed by atoms with van der Waals surface area (Å²) in [6.07, 6.45) is 1.55. The minimum atomic E-state index is -0.324. The number of likely N-dealkylation sites (N-methyl/N-ethyl adjacent to an activating group) is 1. The van der Waals surface area contributed by atoms with Crippen molar-refractivity contribution >= 4 is 29.1 Å². The first-order chi connectivity index (χ1) is 11.7. The van der Waals surface area contributed by atoms with Crippen LogP contribution in [0.15, 0.2) is 17.5 Å². The minimum absolute atomic E-state index is 0.0133. The van der Waals surface area contributed by atoms with Crippen molar-refractivity contribution in [1.82, 2.24) is 15.1 Å². The molecular weight excluding hydrogens is 338 g/mol. The van der Waals surface area contributed by atoms with Gasteiger partial charge in [-0.3, -0.25) is 14.4 Å². The molecule has 25 heavy (non-hydrogen) atoms. The van der Waals surface area contributed by atoms with E-state index in [1.54, 1.807) is 18.0 Å². The molecule has 3 amide bonds. The van der Waals surface area contributed by atoms with E-state index in [1.165, 1.54) is 16.2 Å². The molecule has 0 saturated carbocycles. The van der Waals surface area contributed by atoms with Gasteiger partial charge in [0.15, 0.2) is 0 Å². The number of nitrogens with zero attached hydrogens (tertiary/aromatic N) is 2. The zero-order valence-electron chi connectivity index (χ0n) is 15.4. The molecule has 0 aromatic carbocycles. The summed E-state index contributed by atoms with van der Waals surface area (Å²) in [4.78, 5) is 41.1. The van der Waals surface area contributed by atoms with Crippen molar-refractivity contribution in [3.05, 3.63) is 22.4 Å². The topological polar surface area (TPSA) is 69.7 Å². The van der Waals surface area contributed by atoms with Crippen molar-refractivity contribution in [2.75, 3.05) is 26.7 Å². The Bertz CT molecular complexity index is 622. The van der Waals surface area contributed by atoms with Gasteiger partial charge in [-0.05, 0) is 45.1 Å². The molecule has 0 aliphatic carbocycles. The normalized spacial score (nSPS) is 17.9. The average molecular weight is 365 g/mol. The van der Waals surface area contributed by atoms with Gasteiger partial charge in [-0.1, -0.05) is 6.07 Å². The van der Waals surface area contributed by atoms with Gasteiger partial charge in [0, 0.05) is 25.7 Å². The highest BCUT2D eigenvalue weighted by Gasteiger charge is 2.31. The van der Waals surface area contributed by atoms with Gasteiger partial charge in [0.25, 0.3) is 5.91 Å². The second-order valence-corrected chi connectivity index (χ2v) is 8.51. The third-order valence-electron chi connectivity index (χ3n) is 4.06. The van der Waals surface area contributed by atoms with Crippen molar-refractivity contribution in [1.29, 1.82) is 0 Å². The Labute approximate surface area is 153 Å². The molecule has 2 heterocycles. The van der Waals surface area contributed by atoms with Crippen LogP contribution in [0.1, 0.15) is 43.3 Å². The minimum Gasteiger partial charge on any atom is -0.350 e. The van der Waals surface area contributed by atoms with E-state index in [2.05, 4.69) is 5.32 Å². The van der Waals surface area contributed by atoms with Gasteiger partial charge in [-0.15, -0.1) is 11.3 Å². The largest absolute Gasteiger partial charge is 0.350 e. The maximum absolute atomic E-state index is 12.7. The highest BCUT2D eigenvalue weighted by Crippen LogP contribution is 2.21. The lowest BCUT2D eigenvalue weighted by molar-refractivity contribution is -0.139. The molecule has 0 spiro atoms. The summed E-state index contributed by atoms with van der Waals surface area (Å²) in [7, 11) is 1.64. The van der Waals surface area contributed by atoms with Crippen LogP contribution in [0.4, 0.5) is 0 Å². The standard InChI is InChI=1S/C18H27N3O3S/c1-18(2,3)19-15(22)12-20(4)16(23)13-7-5-9-21(11-13)17(24)14-8-6-10-25-14/h6,8,10,13H,5,7,9,11-12H2,1-4H3,(H,19,22)/t13-/m0/s1. The molecule has 1 aliphatic heterocycles. The van der Waals surface area contributed by atoms with E-state index >= 15 is 0 Å². The Balaban J connectivity index is 1.92. The van der Waals surface area contributed by atoms with Crippen LogP contribution in [0.2, 0.25) is 0 Å². The number of hydrogen-bond donors (Lipinski definition) is 1. The number of likely N-dealkylation sites (tertiary alicyclic amines) is 1. The van der Waals surface area contributed by atoms with Gasteiger partial charge in [0.2, 0.25) is 11.8 Å². The number of rotatable bonds is 4. The zero-order valence-corrected chi connectivity index (χ0v) is 16.2. The molecule has 1 aromatic heterocycles. The van der Waals surface area contributed by atoms with Crippen molar-refractivity contribution < 1.29 is 14.4 Å². The van der Waals surface area contributed by atoms with Gasteiger partial charge in [-0.25, -0.2) is 0 Å². The number of thiophene rings is 1. The first-order valence-corrected chi connectivity index (χ1v) is 9.44. The smallest absolute Gasteiger partial charge is 0.263 e. The number of carbonyl (C=O) groups is 3. The number of nitrogens with one attached hydrogen (secondary N) is 1. The van der Waals surface area contributed by atoms with E-state index in [0.717, 1.165) is 12.8 Å². The molecule has 2 rings (SSSR count). The molecule has 138 valence electrons. The number of amides is 3. The SMILES string of the molecule is CN(CC(=O)NC(C)(C)C)C(=O)[C@H]1CCCN(C(=O)c2cccs2)C1. The monoisotopic (exact) mass is 365 g/mol. The number of piperidine rings is 1. The third-order valence-corrected chi connectivity index (χ3v) is 4.92. The summed E-state index contributed by atoms with van der Waals surface area (Å²) in [6, 6.07) is 3.66. The maximum atomic E-state index is 12.7. The Morgan fingerprint density at radius 3 is 2.68 bits per heavy atom. The summed E-state index contributed by atoms with van der Waals surface area (Å²) in [5, 5.41) is 4.73. The molecule has 1 saturated heterocycles. The predicted molar refractivity (Wildman–Crippen MR) is 98.5 cm³/mol. The maximum Gasteiger partial charge on any atom is 0.263 e. The van der Waals surface area contributed by atoms with E-state index in [0.29, 0.717) is 18.0 Å². The van der Waals surface area contributed by atoms with E-state index in [-0.39, 0.29) is 35.7 Å². The molecular formula is C18H27N3O3S. The van der Waals surface area contributed by atoms with Gasteiger partial charge in [0.1, 0.15) is 0 Å². The highest BCUT2D eigenvalue weighted by atomic mass is 32.1. The van der Waals surface area contributed by atoms with Crippen LogP contribution in [-0.4, -0.2) is 59.7 Å². The molecule has 1 aliphatic rings. The average Bonchev–Trinajstić information content (AvgIpc) is 3.06. The van der Waals surface area contributed by atoms with Gasteiger partial charge >= 0.3 is 0 Å². The van der Waals surface area contributed by atoms with E-state index in [1.807, 2.05) is 32.2 Å². The first kappa shape index (κ1) is 19.4. The highest BCUT2D eigenvalue weighted by molar-refractivity contribution is 7.12. The van der Waals surface area contributed by atoms with Crippen LogP contribution in [-0.2, 0) is 9.59 Å². The zero-order chi connectivity index (χ0) is 18.6. The fourth-order valence-electron chi connectivity index (χ4n) is 2.98. The summed E-state index contributed by atoms with van der Waals surface area (Å²) in [6.45, 7) is 6.84. The molecule has 6 nitrogen and oxygen atoms in total. The molecule has 7 heteroatoms. The Morgan fingerprint density at radius 2 is 2.08 bits per heavy atom. The van der Waals surface area contributed by atoms with E-state index in [4.69, 9.17) is 0 Å². The molecule has 0 unspecified atom stereocenters. The van der Waals surface area contributed by atoms with Crippen molar-refractivity contribution in [2.24, 2.45) is 5.92 Å². The second kappa shape index (κ2) is 7.99. The first-order valence-electron chi connectivity index (χ1n) is 8.56. The molecule has 0 bridgehead atoms. The van der Waals surface area contributed by atoms with Crippen LogP contribution >= 0.6 is 11.3 Å². The summed E-state index contributed by atoms with van der Waals surface area (Å²) in [5.74, 6) is -0.510. The summed E-state index contributed by atoms with van der Waals surface area (Å²) in [5.41, 5.74) is -0.324. The lowest BCUT2D eigenvalue weighted by atomic mass is 9.96. The number of hydrogen-bond acceptors (Lipinski definition) is 4. The molecule has 1 aromatic rings. The molecule has 1 N–H and O–H groups in total. The Hall–Kier alpha value is -1.89. The Kier molecular flexibility index (Phi) is 6.21. The molecule has 1 fully saturated rings. The second-order valence-electron chi connectivity index (χ2n) is 7.56. The fraction of sp³-hybridized carbons (Fsp3) is 0.611. The van der Waals surface area contributed by atoms with Gasteiger partial charge in [0.05, 0.1) is 17.3 Å². The van der Waals surface area contributed by atoms with Crippen LogP contribution < -0.4 is 5.32 Å². The van der Waals surface area contributed by atoms with E-state index in [9.17, 15) is 14.4 Å². The number of carbonyl (C=O) groups excluding carboxylic acids is 3. The van der Waals surface area contributed by atoms with Gasteiger partial charge in [-0.2, -0.15) is 0 Å². The van der Waals surface area contributed by atoms with E-state index < -0.39 is 0 Å². The third kappa shape index (κ3) is 5.56. The van der Waals surface area contributed by atoms with Crippen molar-refractivity contribution in [3.63, 3.8) is 0 Å². The molecule has 0 radical (unpaired) electrons. The Morgan fingerprint density at radius 1 is 1.36 bits per heavy atom. The lowest BCUT2D eigenvalue weighted by Gasteiger charge is -2.34. The predicted octanol–water partition coefficient (Wildman–Crippen LogP) is 1.97. The summed E-state index contributed by atoms with van der Waals surface area (Å²) < 4.78 is 0. The lowest BCUT2D eigenvalue weighted by Crippen LogP contribution is -2.49. The fourth-order valence-corrected chi connectivity index (χ4v) is 3.67.